The zero-order chi connectivity index (χ0) is 23.9. The number of hydrogen-bond acceptors (Lipinski definition) is 3. The Bertz CT molecular complexity index is 1400. The summed E-state index contributed by atoms with van der Waals surface area (Å²) in [5.74, 6) is 0.876. The fourth-order valence-electron chi connectivity index (χ4n) is 3.83. The van der Waals surface area contributed by atoms with Gasteiger partial charge >= 0.3 is 0 Å². The topological polar surface area (TPSA) is 42.2 Å². The molecule has 0 aliphatic heterocycles. The minimum absolute atomic E-state index is 0.274. The van der Waals surface area contributed by atoms with Gasteiger partial charge in [0.05, 0.1) is 18.8 Å². The number of nitriles is 1. The number of fused-ring (bicyclic) bond motifs is 1. The molecule has 3 nitrogen and oxygen atoms in total. The third kappa shape index (κ3) is 5.16. The Morgan fingerprint density at radius 1 is 1.00 bits per heavy atom. The molecule has 4 aromatic rings. The molecule has 0 N–H and O–H groups in total. The normalized spacial score (nSPS) is 11.1. The van der Waals surface area contributed by atoms with Crippen LogP contribution in [-0.2, 0) is 13.0 Å². The molecule has 0 amide bonds. The SMILES string of the molecule is C=CCc1cc(C=C(C#N)c2ccc3ccccc3c2)cc(OC)c1OCc1ccc(F)cc1. The van der Waals surface area contributed by atoms with Crippen LogP contribution in [0.3, 0.4) is 0 Å². The average Bonchev–Trinajstić information content (AvgIpc) is 2.87. The molecule has 0 heterocycles. The molecule has 0 aliphatic rings. The van der Waals surface area contributed by atoms with E-state index in [-0.39, 0.29) is 12.4 Å². The molecule has 0 spiro atoms. The second-order valence-corrected chi connectivity index (χ2v) is 7.85. The van der Waals surface area contributed by atoms with Gasteiger partial charge in [0.25, 0.3) is 0 Å². The van der Waals surface area contributed by atoms with Gasteiger partial charge < -0.3 is 9.47 Å². The molecule has 0 fully saturated rings. The van der Waals surface area contributed by atoms with Crippen LogP contribution in [0.15, 0.2) is 91.5 Å². The monoisotopic (exact) mass is 449 g/mol. The summed E-state index contributed by atoms with van der Waals surface area (Å²) < 4.78 is 24.9. The van der Waals surface area contributed by atoms with Crippen molar-refractivity contribution in [3.63, 3.8) is 0 Å². The van der Waals surface area contributed by atoms with Crippen molar-refractivity contribution in [2.24, 2.45) is 0 Å². The number of nitrogens with zero attached hydrogens (tertiary/aromatic N) is 1. The summed E-state index contributed by atoms with van der Waals surface area (Å²) in [5.41, 5.74) is 3.96. The van der Waals surface area contributed by atoms with E-state index in [0.717, 1.165) is 33.0 Å². The Labute approximate surface area is 199 Å². The van der Waals surface area contributed by atoms with Crippen molar-refractivity contribution < 1.29 is 13.9 Å². The predicted molar refractivity (Wildman–Crippen MR) is 135 cm³/mol. The first kappa shape index (κ1) is 22.8. The number of allylic oxidation sites excluding steroid dienone is 2. The quantitative estimate of drug-likeness (QED) is 0.160. The zero-order valence-corrected chi connectivity index (χ0v) is 18.9. The molecule has 0 bridgehead atoms. The standard InChI is InChI=1S/C30H24FNO2/c1-3-6-26-15-22(16-27(19-32)25-12-11-23-7-4-5-8-24(23)18-25)17-29(33-2)30(26)34-20-21-9-13-28(31)14-10-21/h3-5,7-18H,1,6,20H2,2H3. The van der Waals surface area contributed by atoms with Crippen molar-refractivity contribution in [2.75, 3.05) is 7.11 Å². The molecule has 0 aromatic heterocycles. The van der Waals surface area contributed by atoms with Crippen molar-refractivity contribution in [3.8, 4) is 17.6 Å². The summed E-state index contributed by atoms with van der Waals surface area (Å²) in [5, 5.41) is 12.1. The first-order valence-corrected chi connectivity index (χ1v) is 10.9. The summed E-state index contributed by atoms with van der Waals surface area (Å²) in [6, 6.07) is 26.4. The molecular weight excluding hydrogens is 425 g/mol. The first-order chi connectivity index (χ1) is 16.6. The fourth-order valence-corrected chi connectivity index (χ4v) is 3.83. The third-order valence-electron chi connectivity index (χ3n) is 5.53. The largest absolute Gasteiger partial charge is 0.493 e. The molecule has 4 heteroatoms. The van der Waals surface area contributed by atoms with E-state index in [9.17, 15) is 9.65 Å². The number of methoxy groups -OCH3 is 1. The van der Waals surface area contributed by atoms with E-state index in [4.69, 9.17) is 9.47 Å². The summed E-state index contributed by atoms with van der Waals surface area (Å²) in [6.07, 6.45) is 4.21. The lowest BCUT2D eigenvalue weighted by Crippen LogP contribution is -2.02. The number of rotatable bonds is 8. The van der Waals surface area contributed by atoms with Crippen LogP contribution in [0.1, 0.15) is 22.3 Å². The lowest BCUT2D eigenvalue weighted by atomic mass is 9.98. The first-order valence-electron chi connectivity index (χ1n) is 10.9. The van der Waals surface area contributed by atoms with Crippen molar-refractivity contribution in [3.05, 3.63) is 120 Å². The van der Waals surface area contributed by atoms with Crippen molar-refractivity contribution in [2.45, 2.75) is 13.0 Å². The molecule has 0 unspecified atom stereocenters. The fraction of sp³-hybridized carbons (Fsp3) is 0.100. The van der Waals surface area contributed by atoms with Crippen LogP contribution in [-0.4, -0.2) is 7.11 Å². The van der Waals surface area contributed by atoms with E-state index in [1.807, 2.05) is 60.7 Å². The van der Waals surface area contributed by atoms with Crippen molar-refractivity contribution >= 4 is 22.4 Å². The Morgan fingerprint density at radius 3 is 2.47 bits per heavy atom. The van der Waals surface area contributed by atoms with E-state index in [0.29, 0.717) is 23.5 Å². The minimum atomic E-state index is -0.287. The molecule has 0 saturated carbocycles. The van der Waals surface area contributed by atoms with E-state index in [1.54, 1.807) is 25.3 Å². The van der Waals surface area contributed by atoms with E-state index in [2.05, 4.69) is 12.6 Å². The zero-order valence-electron chi connectivity index (χ0n) is 18.9. The Balaban J connectivity index is 1.69. The Kier molecular flexibility index (Phi) is 7.05. The van der Waals surface area contributed by atoms with Crippen LogP contribution in [0, 0.1) is 17.1 Å². The molecular formula is C30H24FNO2. The summed E-state index contributed by atoms with van der Waals surface area (Å²) in [6.45, 7) is 4.13. The van der Waals surface area contributed by atoms with Crippen LogP contribution in [0.25, 0.3) is 22.4 Å². The Morgan fingerprint density at radius 2 is 1.76 bits per heavy atom. The second kappa shape index (κ2) is 10.5. The van der Waals surface area contributed by atoms with Gasteiger partial charge in [-0.05, 0) is 70.3 Å². The van der Waals surface area contributed by atoms with Crippen LogP contribution < -0.4 is 9.47 Å². The van der Waals surface area contributed by atoms with Crippen LogP contribution in [0.5, 0.6) is 11.5 Å². The number of halogens is 1. The van der Waals surface area contributed by atoms with Gasteiger partial charge in [-0.2, -0.15) is 5.26 Å². The molecule has 0 saturated heterocycles. The van der Waals surface area contributed by atoms with Gasteiger partial charge in [0.2, 0.25) is 0 Å². The maximum Gasteiger partial charge on any atom is 0.165 e. The molecule has 34 heavy (non-hydrogen) atoms. The van der Waals surface area contributed by atoms with E-state index in [1.165, 1.54) is 12.1 Å². The maximum absolute atomic E-state index is 13.2. The van der Waals surface area contributed by atoms with E-state index < -0.39 is 0 Å². The molecule has 0 aliphatic carbocycles. The van der Waals surface area contributed by atoms with Crippen molar-refractivity contribution in [1.29, 1.82) is 5.26 Å². The molecule has 0 atom stereocenters. The molecule has 0 radical (unpaired) electrons. The highest BCUT2D eigenvalue weighted by atomic mass is 19.1. The lowest BCUT2D eigenvalue weighted by Gasteiger charge is -2.16. The summed E-state index contributed by atoms with van der Waals surface area (Å²) in [4.78, 5) is 0. The highest BCUT2D eigenvalue weighted by molar-refractivity contribution is 5.94. The number of hydrogen-bond donors (Lipinski definition) is 0. The van der Waals surface area contributed by atoms with Crippen LogP contribution in [0.4, 0.5) is 4.39 Å². The van der Waals surface area contributed by atoms with E-state index >= 15 is 0 Å². The molecule has 4 aromatic carbocycles. The smallest absolute Gasteiger partial charge is 0.165 e. The Hall–Kier alpha value is -4.36. The van der Waals surface area contributed by atoms with Gasteiger partial charge in [0.15, 0.2) is 11.5 Å². The summed E-state index contributed by atoms with van der Waals surface area (Å²) in [7, 11) is 1.58. The predicted octanol–water partition coefficient (Wildman–Crippen LogP) is 7.36. The number of benzene rings is 4. The van der Waals surface area contributed by atoms with Gasteiger partial charge in [-0.3, -0.25) is 0 Å². The van der Waals surface area contributed by atoms with Crippen LogP contribution in [0.2, 0.25) is 0 Å². The highest BCUT2D eigenvalue weighted by Crippen LogP contribution is 2.35. The lowest BCUT2D eigenvalue weighted by molar-refractivity contribution is 0.282. The summed E-state index contributed by atoms with van der Waals surface area (Å²) >= 11 is 0. The minimum Gasteiger partial charge on any atom is -0.493 e. The van der Waals surface area contributed by atoms with Crippen LogP contribution >= 0.6 is 0 Å². The molecule has 168 valence electrons. The number of ether oxygens (including phenoxy) is 2. The van der Waals surface area contributed by atoms with Gasteiger partial charge in [0, 0.05) is 5.56 Å². The molecule has 4 rings (SSSR count). The van der Waals surface area contributed by atoms with Gasteiger partial charge in [-0.15, -0.1) is 6.58 Å². The second-order valence-electron chi connectivity index (χ2n) is 7.85. The third-order valence-corrected chi connectivity index (χ3v) is 5.53. The van der Waals surface area contributed by atoms with Gasteiger partial charge in [0.1, 0.15) is 12.4 Å². The van der Waals surface area contributed by atoms with Gasteiger partial charge in [-0.25, -0.2) is 4.39 Å². The van der Waals surface area contributed by atoms with Gasteiger partial charge in [-0.1, -0.05) is 54.6 Å². The average molecular weight is 450 g/mol. The highest BCUT2D eigenvalue weighted by Gasteiger charge is 2.14. The maximum atomic E-state index is 13.2. The van der Waals surface area contributed by atoms with Crippen molar-refractivity contribution in [1.82, 2.24) is 0 Å².